The summed E-state index contributed by atoms with van der Waals surface area (Å²) in [6.45, 7) is 0.982. The van der Waals surface area contributed by atoms with Crippen LogP contribution >= 0.6 is 24.4 Å². The van der Waals surface area contributed by atoms with E-state index >= 15 is 0 Å². The van der Waals surface area contributed by atoms with Crippen LogP contribution in [0, 0.1) is 9.54 Å². The molecule has 0 saturated carbocycles. The quantitative estimate of drug-likeness (QED) is 0.317. The molecule has 1 aliphatic heterocycles. The number of aromatic amines is 2. The predicted molar refractivity (Wildman–Crippen MR) is 146 cm³/mol. The predicted octanol–water partition coefficient (Wildman–Crippen LogP) is 4.69. The Balaban J connectivity index is 1.42. The van der Waals surface area contributed by atoms with Gasteiger partial charge in [0.05, 0.1) is 25.6 Å². The van der Waals surface area contributed by atoms with E-state index in [4.69, 9.17) is 33.9 Å². The fourth-order valence-electron chi connectivity index (χ4n) is 3.88. The fourth-order valence-corrected chi connectivity index (χ4v) is 4.27. The zero-order chi connectivity index (χ0) is 25.5. The van der Waals surface area contributed by atoms with Gasteiger partial charge in [-0.15, -0.1) is 0 Å². The van der Waals surface area contributed by atoms with E-state index in [1.165, 1.54) is 0 Å². The van der Waals surface area contributed by atoms with E-state index in [9.17, 15) is 0 Å². The molecule has 1 aliphatic rings. The van der Waals surface area contributed by atoms with Crippen LogP contribution in [0.25, 0.3) is 0 Å². The van der Waals surface area contributed by atoms with Gasteiger partial charge in [0.25, 0.3) is 0 Å². The molecule has 0 spiro atoms. The number of benzene rings is 2. The van der Waals surface area contributed by atoms with Crippen molar-refractivity contribution >= 4 is 36.9 Å². The molecule has 37 heavy (non-hydrogen) atoms. The number of hydrogen-bond donors (Lipinski definition) is 2. The average molecular weight is 535 g/mol. The van der Waals surface area contributed by atoms with Gasteiger partial charge in [0, 0.05) is 30.4 Å². The summed E-state index contributed by atoms with van der Waals surface area (Å²) in [5.74, 6) is 3.01. The van der Waals surface area contributed by atoms with E-state index in [-0.39, 0.29) is 0 Å². The Kier molecular flexibility index (Phi) is 7.96. The van der Waals surface area contributed by atoms with Crippen LogP contribution in [0.2, 0.25) is 0 Å². The number of hydrogen-bond acceptors (Lipinski definition) is 8. The second-order valence-electron chi connectivity index (χ2n) is 8.34. The second-order valence-corrected chi connectivity index (χ2v) is 9.11. The maximum absolute atomic E-state index is 6.04. The van der Waals surface area contributed by atoms with Crippen molar-refractivity contribution < 1.29 is 9.47 Å². The standard InChI is InChI=1S/C25H26N8O2S2/c36-24-30-28-22-12-5-6-13-23-29-31-25(37)33(23)27-17-19-9-2-4-11-21(19)35-15-7-14-34-20-10-3-1-8-18(20)16-26-32(22)24/h1-4,8-11,16-17H,5-7,12-15H2,(H,30,36)(H,31,37)/b26-16-,27-17-. The lowest BCUT2D eigenvalue weighted by Gasteiger charge is -2.11. The van der Waals surface area contributed by atoms with Crippen molar-refractivity contribution in [2.75, 3.05) is 13.2 Å². The molecule has 2 aromatic carbocycles. The van der Waals surface area contributed by atoms with Gasteiger partial charge in [0.2, 0.25) is 9.54 Å². The third-order valence-electron chi connectivity index (χ3n) is 5.75. The van der Waals surface area contributed by atoms with Crippen LogP contribution in [-0.4, -0.2) is 55.4 Å². The van der Waals surface area contributed by atoms with Crippen LogP contribution in [0.1, 0.15) is 42.0 Å². The number of H-pyrrole nitrogens is 2. The van der Waals surface area contributed by atoms with Crippen LogP contribution in [0.3, 0.4) is 0 Å². The Morgan fingerprint density at radius 3 is 1.59 bits per heavy atom. The first kappa shape index (κ1) is 24.8. The lowest BCUT2D eigenvalue weighted by atomic mass is 10.2. The maximum atomic E-state index is 6.04. The summed E-state index contributed by atoms with van der Waals surface area (Å²) in [5, 5.41) is 23.6. The highest BCUT2D eigenvalue weighted by Gasteiger charge is 2.10. The number of aryl methyl sites for hydroxylation is 2. The van der Waals surface area contributed by atoms with Gasteiger partial charge < -0.3 is 9.47 Å². The number of para-hydroxylation sites is 2. The van der Waals surface area contributed by atoms with Crippen LogP contribution in [0.5, 0.6) is 11.5 Å². The van der Waals surface area contributed by atoms with Crippen molar-refractivity contribution in [1.29, 1.82) is 0 Å². The zero-order valence-electron chi connectivity index (χ0n) is 20.0. The molecule has 0 fully saturated rings. The van der Waals surface area contributed by atoms with E-state index in [1.807, 2.05) is 48.5 Å². The zero-order valence-corrected chi connectivity index (χ0v) is 21.7. The molecule has 10 nitrogen and oxygen atoms in total. The summed E-state index contributed by atoms with van der Waals surface area (Å²) in [7, 11) is 0. The van der Waals surface area contributed by atoms with Crippen LogP contribution in [-0.2, 0) is 12.8 Å². The monoisotopic (exact) mass is 534 g/mol. The summed E-state index contributed by atoms with van der Waals surface area (Å²) in [6, 6.07) is 15.5. The number of fused-ring (bicyclic) bond motifs is 4. The van der Waals surface area contributed by atoms with Crippen molar-refractivity contribution in [3.05, 3.63) is 80.8 Å². The minimum atomic E-state index is 0.440. The van der Waals surface area contributed by atoms with Crippen LogP contribution in [0.15, 0.2) is 58.7 Å². The van der Waals surface area contributed by atoms with Gasteiger partial charge in [-0.25, -0.2) is 0 Å². The van der Waals surface area contributed by atoms with Gasteiger partial charge in [-0.1, -0.05) is 24.3 Å². The first-order valence-corrected chi connectivity index (χ1v) is 12.9. The highest BCUT2D eigenvalue weighted by atomic mass is 32.1. The largest absolute Gasteiger partial charge is 0.493 e. The first-order valence-electron chi connectivity index (χ1n) is 12.0. The second kappa shape index (κ2) is 11.9. The summed E-state index contributed by atoms with van der Waals surface area (Å²) >= 11 is 10.8. The Bertz CT molecular complexity index is 1420. The van der Waals surface area contributed by atoms with Crippen molar-refractivity contribution in [3.63, 3.8) is 0 Å². The number of rotatable bonds is 0. The minimum Gasteiger partial charge on any atom is -0.493 e. The third-order valence-corrected chi connectivity index (χ3v) is 6.28. The normalized spacial score (nSPS) is 16.4. The van der Waals surface area contributed by atoms with Gasteiger partial charge in [-0.05, 0) is 61.5 Å². The summed E-state index contributed by atoms with van der Waals surface area (Å²) in [4.78, 5) is 0. The molecule has 0 radical (unpaired) electrons. The molecule has 5 rings (SSSR count). The molecule has 0 unspecified atom stereocenters. The van der Waals surface area contributed by atoms with Gasteiger partial charge in [-0.3, -0.25) is 10.2 Å². The number of ether oxygens (including phenoxy) is 2. The van der Waals surface area contributed by atoms with Crippen molar-refractivity contribution in [1.82, 2.24) is 29.7 Å². The molecule has 12 heteroatoms. The molecular weight excluding hydrogens is 508 g/mol. The minimum absolute atomic E-state index is 0.440. The molecule has 0 bridgehead atoms. The van der Waals surface area contributed by atoms with Crippen molar-refractivity contribution in [2.24, 2.45) is 10.2 Å². The van der Waals surface area contributed by atoms with Gasteiger partial charge in [-0.2, -0.15) is 29.8 Å². The maximum Gasteiger partial charge on any atom is 0.216 e. The first-order chi connectivity index (χ1) is 18.2. The molecule has 2 aromatic heterocycles. The Morgan fingerprint density at radius 1 is 0.649 bits per heavy atom. The molecule has 0 aliphatic carbocycles. The fraction of sp³-hybridized carbons (Fsp3) is 0.280. The molecule has 0 saturated heterocycles. The van der Waals surface area contributed by atoms with E-state index < -0.39 is 0 Å². The molecule has 0 amide bonds. The number of aromatic nitrogens is 6. The molecule has 2 N–H and O–H groups in total. The highest BCUT2D eigenvalue weighted by molar-refractivity contribution is 7.71. The average Bonchev–Trinajstić information content (AvgIpc) is 3.45. The van der Waals surface area contributed by atoms with E-state index in [1.54, 1.807) is 21.8 Å². The Morgan fingerprint density at radius 2 is 1.11 bits per heavy atom. The Labute approximate surface area is 223 Å². The molecular formula is C25H26N8O2S2. The van der Waals surface area contributed by atoms with Crippen LogP contribution in [0.4, 0.5) is 0 Å². The van der Waals surface area contributed by atoms with Gasteiger partial charge in [0.1, 0.15) is 11.5 Å². The summed E-state index contributed by atoms with van der Waals surface area (Å²) < 4.78 is 16.3. The van der Waals surface area contributed by atoms with Crippen molar-refractivity contribution in [2.45, 2.75) is 32.1 Å². The number of nitrogens with zero attached hydrogens (tertiary/aromatic N) is 6. The molecule has 3 heterocycles. The third kappa shape index (κ3) is 6.09. The number of nitrogens with one attached hydrogen (secondary N) is 2. The molecule has 0 atom stereocenters. The molecule has 4 aromatic rings. The van der Waals surface area contributed by atoms with E-state index in [0.717, 1.165) is 47.1 Å². The smallest absolute Gasteiger partial charge is 0.216 e. The summed E-state index contributed by atoms with van der Waals surface area (Å²) in [5.41, 5.74) is 1.71. The van der Waals surface area contributed by atoms with Crippen molar-refractivity contribution in [3.8, 4) is 11.5 Å². The summed E-state index contributed by atoms with van der Waals surface area (Å²) in [6.07, 6.45) is 7.29. The Hall–Kier alpha value is -3.90. The SMILES string of the molecule is S=c1[nH]nc2n1/N=C\c1ccccc1OCCCOc1ccccc1/C=N\n1c(n[nH]c1=S)CCCC2. The topological polar surface area (TPSA) is 110 Å². The van der Waals surface area contributed by atoms with Crippen LogP contribution < -0.4 is 9.47 Å². The lowest BCUT2D eigenvalue weighted by Crippen LogP contribution is -2.07. The van der Waals surface area contributed by atoms with Gasteiger partial charge in [0.15, 0.2) is 11.6 Å². The highest BCUT2D eigenvalue weighted by Crippen LogP contribution is 2.19. The molecule has 190 valence electrons. The van der Waals surface area contributed by atoms with E-state index in [0.29, 0.717) is 42.0 Å². The van der Waals surface area contributed by atoms with E-state index in [2.05, 4.69) is 30.6 Å². The van der Waals surface area contributed by atoms with Gasteiger partial charge >= 0.3 is 0 Å². The lowest BCUT2D eigenvalue weighted by molar-refractivity contribution is 0.247.